The summed E-state index contributed by atoms with van der Waals surface area (Å²) in [6.45, 7) is 5.92. The molecule has 78 valence electrons. The molecule has 0 saturated carbocycles. The number of thioether (sulfide) groups is 1. The Labute approximate surface area is 85.5 Å². The van der Waals surface area contributed by atoms with Crippen molar-refractivity contribution in [2.24, 2.45) is 5.41 Å². The quantitative estimate of drug-likeness (QED) is 0.679. The second kappa shape index (κ2) is 5.23. The third-order valence-electron chi connectivity index (χ3n) is 2.38. The lowest BCUT2D eigenvalue weighted by molar-refractivity contribution is 0.274. The molecule has 1 heterocycles. The summed E-state index contributed by atoms with van der Waals surface area (Å²) in [4.78, 5) is 0. The molecule has 1 unspecified atom stereocenters. The molecule has 2 N–H and O–H groups in total. The lowest BCUT2D eigenvalue weighted by Crippen LogP contribution is -2.40. The van der Waals surface area contributed by atoms with E-state index in [0.717, 1.165) is 13.0 Å². The molecule has 0 aromatic heterocycles. The molecule has 0 amide bonds. The number of hydrogen-bond donors (Lipinski definition) is 2. The molecule has 1 atom stereocenters. The zero-order chi connectivity index (χ0) is 9.73. The van der Waals surface area contributed by atoms with E-state index in [2.05, 4.69) is 19.2 Å². The van der Waals surface area contributed by atoms with Gasteiger partial charge in [0.2, 0.25) is 0 Å². The predicted molar refractivity (Wildman–Crippen MR) is 59.2 cm³/mol. The summed E-state index contributed by atoms with van der Waals surface area (Å²) < 4.78 is 0. The molecule has 0 spiro atoms. The topological polar surface area (TPSA) is 32.3 Å². The van der Waals surface area contributed by atoms with Crippen molar-refractivity contribution in [2.45, 2.75) is 32.7 Å². The van der Waals surface area contributed by atoms with Crippen molar-refractivity contribution < 1.29 is 5.11 Å². The van der Waals surface area contributed by atoms with Gasteiger partial charge in [-0.3, -0.25) is 0 Å². The third-order valence-corrected chi connectivity index (χ3v) is 4.00. The molecule has 0 radical (unpaired) electrons. The van der Waals surface area contributed by atoms with E-state index in [4.69, 9.17) is 5.11 Å². The van der Waals surface area contributed by atoms with Crippen LogP contribution in [-0.2, 0) is 0 Å². The maximum absolute atomic E-state index is 8.65. The van der Waals surface area contributed by atoms with Crippen molar-refractivity contribution in [3.8, 4) is 0 Å². The summed E-state index contributed by atoms with van der Waals surface area (Å²) in [7, 11) is 0. The Kier molecular flexibility index (Phi) is 4.56. The Bertz CT molecular complexity index is 150. The normalized spacial score (nSPS) is 27.5. The molecule has 2 nitrogen and oxygen atoms in total. The van der Waals surface area contributed by atoms with Crippen LogP contribution < -0.4 is 5.32 Å². The van der Waals surface area contributed by atoms with Crippen molar-refractivity contribution in [1.82, 2.24) is 5.32 Å². The highest BCUT2D eigenvalue weighted by atomic mass is 32.2. The van der Waals surface area contributed by atoms with E-state index in [-0.39, 0.29) is 0 Å². The summed E-state index contributed by atoms with van der Waals surface area (Å²) in [5.74, 6) is 2.51. The van der Waals surface area contributed by atoms with Crippen LogP contribution in [0.25, 0.3) is 0 Å². The Balaban J connectivity index is 2.19. The fourth-order valence-electron chi connectivity index (χ4n) is 1.78. The van der Waals surface area contributed by atoms with Crippen LogP contribution >= 0.6 is 11.8 Å². The molecule has 3 heteroatoms. The van der Waals surface area contributed by atoms with Crippen molar-refractivity contribution in [2.75, 3.05) is 24.7 Å². The van der Waals surface area contributed by atoms with E-state index in [1.54, 1.807) is 0 Å². The van der Waals surface area contributed by atoms with E-state index < -0.39 is 0 Å². The van der Waals surface area contributed by atoms with E-state index in [1.807, 2.05) is 11.8 Å². The number of rotatable bonds is 4. The van der Waals surface area contributed by atoms with Crippen LogP contribution in [0.4, 0.5) is 0 Å². The van der Waals surface area contributed by atoms with Crippen molar-refractivity contribution >= 4 is 11.8 Å². The summed E-state index contributed by atoms with van der Waals surface area (Å²) in [5, 5.41) is 12.2. The van der Waals surface area contributed by atoms with Crippen LogP contribution in [0.5, 0.6) is 0 Å². The van der Waals surface area contributed by atoms with Crippen LogP contribution in [0, 0.1) is 5.41 Å². The molecule has 0 aromatic carbocycles. The van der Waals surface area contributed by atoms with Gasteiger partial charge in [-0.1, -0.05) is 13.8 Å². The molecule has 13 heavy (non-hydrogen) atoms. The average Bonchev–Trinajstić information content (AvgIpc) is 2.03. The highest BCUT2D eigenvalue weighted by molar-refractivity contribution is 7.99. The molecule has 1 rings (SSSR count). The first kappa shape index (κ1) is 11.3. The van der Waals surface area contributed by atoms with E-state index in [0.29, 0.717) is 18.1 Å². The maximum atomic E-state index is 8.65. The molecule has 0 aromatic rings. The third kappa shape index (κ3) is 4.34. The van der Waals surface area contributed by atoms with Gasteiger partial charge in [0, 0.05) is 18.4 Å². The summed E-state index contributed by atoms with van der Waals surface area (Å²) in [6, 6.07) is 0.653. The van der Waals surface area contributed by atoms with Gasteiger partial charge in [-0.15, -0.1) is 0 Å². The number of aliphatic hydroxyl groups is 1. The van der Waals surface area contributed by atoms with Gasteiger partial charge in [-0.25, -0.2) is 0 Å². The molecular formula is C10H21NOS. The molecule has 0 aliphatic carbocycles. The van der Waals surface area contributed by atoms with E-state index in [9.17, 15) is 0 Å². The summed E-state index contributed by atoms with van der Waals surface area (Å²) >= 11 is 2.04. The van der Waals surface area contributed by atoms with Gasteiger partial charge in [0.1, 0.15) is 0 Å². The minimum absolute atomic E-state index is 0.302. The van der Waals surface area contributed by atoms with E-state index in [1.165, 1.54) is 17.9 Å². The molecule has 1 aliphatic rings. The minimum atomic E-state index is 0.302. The van der Waals surface area contributed by atoms with Crippen LogP contribution in [0.1, 0.15) is 26.7 Å². The largest absolute Gasteiger partial charge is 0.396 e. The van der Waals surface area contributed by atoms with Crippen LogP contribution in [0.3, 0.4) is 0 Å². The Morgan fingerprint density at radius 1 is 1.54 bits per heavy atom. The number of aliphatic hydroxyl groups excluding tert-OH is 1. The molecule has 1 fully saturated rings. The predicted octanol–water partition coefficient (Wildman–Crippen LogP) is 1.49. The first-order chi connectivity index (χ1) is 6.14. The second-order valence-electron chi connectivity index (χ2n) is 4.61. The minimum Gasteiger partial charge on any atom is -0.396 e. The fourth-order valence-corrected chi connectivity index (χ4v) is 3.09. The van der Waals surface area contributed by atoms with Gasteiger partial charge in [-0.05, 0) is 30.6 Å². The number of nitrogens with one attached hydrogen (secondary N) is 1. The smallest absolute Gasteiger partial charge is 0.0443 e. The summed E-state index contributed by atoms with van der Waals surface area (Å²) in [6.07, 6.45) is 2.15. The Morgan fingerprint density at radius 2 is 2.31 bits per heavy atom. The lowest BCUT2D eigenvalue weighted by atomic mass is 9.88. The van der Waals surface area contributed by atoms with Crippen molar-refractivity contribution in [3.63, 3.8) is 0 Å². The highest BCUT2D eigenvalue weighted by Crippen LogP contribution is 2.33. The Morgan fingerprint density at radius 3 is 2.92 bits per heavy atom. The van der Waals surface area contributed by atoms with Crippen LogP contribution in [0.15, 0.2) is 0 Å². The second-order valence-corrected chi connectivity index (χ2v) is 5.64. The first-order valence-electron chi connectivity index (χ1n) is 5.06. The standard InChI is InChI=1S/C10H21NOS/c1-10(2)6-9(7-13-8-10)11-4-3-5-12/h9,11-12H,3-8H2,1-2H3. The molecule has 1 saturated heterocycles. The first-order valence-corrected chi connectivity index (χ1v) is 6.21. The lowest BCUT2D eigenvalue weighted by Gasteiger charge is -2.35. The summed E-state index contributed by atoms with van der Waals surface area (Å²) in [5.41, 5.74) is 0.486. The molecular weight excluding hydrogens is 182 g/mol. The van der Waals surface area contributed by atoms with Gasteiger partial charge < -0.3 is 10.4 Å². The molecule has 1 aliphatic heterocycles. The van der Waals surface area contributed by atoms with Gasteiger partial charge >= 0.3 is 0 Å². The molecule has 0 bridgehead atoms. The zero-order valence-corrected chi connectivity index (χ0v) is 9.49. The number of hydrogen-bond acceptors (Lipinski definition) is 3. The van der Waals surface area contributed by atoms with Gasteiger partial charge in [0.05, 0.1) is 0 Å². The zero-order valence-electron chi connectivity index (χ0n) is 8.68. The van der Waals surface area contributed by atoms with Crippen LogP contribution in [0.2, 0.25) is 0 Å². The highest BCUT2D eigenvalue weighted by Gasteiger charge is 2.27. The van der Waals surface area contributed by atoms with Gasteiger partial charge in [-0.2, -0.15) is 11.8 Å². The van der Waals surface area contributed by atoms with Crippen molar-refractivity contribution in [1.29, 1.82) is 0 Å². The fraction of sp³-hybridized carbons (Fsp3) is 1.00. The average molecular weight is 203 g/mol. The van der Waals surface area contributed by atoms with Crippen LogP contribution in [-0.4, -0.2) is 35.8 Å². The van der Waals surface area contributed by atoms with Crippen molar-refractivity contribution in [3.05, 3.63) is 0 Å². The Hall–Kier alpha value is 0.270. The maximum Gasteiger partial charge on any atom is 0.0443 e. The van der Waals surface area contributed by atoms with Gasteiger partial charge in [0.25, 0.3) is 0 Å². The monoisotopic (exact) mass is 203 g/mol. The van der Waals surface area contributed by atoms with Gasteiger partial charge in [0.15, 0.2) is 0 Å². The SMILES string of the molecule is CC1(C)CSCC(NCCCO)C1. The van der Waals surface area contributed by atoms with E-state index >= 15 is 0 Å².